The molecule has 1 aromatic rings. The zero-order chi connectivity index (χ0) is 15.9. The minimum atomic E-state index is -0.547. The maximum atomic E-state index is 11.0. The summed E-state index contributed by atoms with van der Waals surface area (Å²) in [4.78, 5) is 12.8. The molecule has 0 aliphatic carbocycles. The van der Waals surface area contributed by atoms with Crippen LogP contribution in [0.2, 0.25) is 0 Å². The van der Waals surface area contributed by atoms with E-state index in [0.29, 0.717) is 18.4 Å². The molecule has 6 nitrogen and oxygen atoms in total. The molecule has 1 aliphatic rings. The third-order valence-corrected chi connectivity index (χ3v) is 4.04. The van der Waals surface area contributed by atoms with Gasteiger partial charge in [0, 0.05) is 12.1 Å². The van der Waals surface area contributed by atoms with Crippen molar-refractivity contribution in [3.63, 3.8) is 0 Å². The van der Waals surface area contributed by atoms with Crippen molar-refractivity contribution in [2.24, 2.45) is 0 Å². The van der Waals surface area contributed by atoms with Crippen LogP contribution in [-0.2, 0) is 0 Å². The molecule has 0 unspecified atom stereocenters. The van der Waals surface area contributed by atoms with Gasteiger partial charge in [0.15, 0.2) is 5.56 Å². The fraction of sp³-hybridized carbons (Fsp3) is 0.562. The summed E-state index contributed by atoms with van der Waals surface area (Å²) >= 11 is 0. The van der Waals surface area contributed by atoms with Gasteiger partial charge < -0.3 is 4.74 Å². The molecular weight excluding hydrogens is 282 g/mol. The van der Waals surface area contributed by atoms with Gasteiger partial charge in [-0.05, 0) is 38.4 Å². The molecule has 118 valence electrons. The van der Waals surface area contributed by atoms with E-state index in [9.17, 15) is 10.1 Å². The lowest BCUT2D eigenvalue weighted by molar-refractivity contribution is -0.385. The van der Waals surface area contributed by atoms with E-state index in [1.54, 1.807) is 12.1 Å². The number of nitriles is 1. The number of hydrogen-bond donors (Lipinski definition) is 0. The largest absolute Gasteiger partial charge is 0.490 e. The molecule has 0 spiro atoms. The first kappa shape index (κ1) is 16.2. The average Bonchev–Trinajstić information content (AvgIpc) is 2.97. The Morgan fingerprint density at radius 2 is 2.36 bits per heavy atom. The molecular formula is C16H21N3O3. The second-order valence-corrected chi connectivity index (χ2v) is 5.52. The smallest absolute Gasteiger partial charge is 0.290 e. The molecule has 1 saturated heterocycles. The monoisotopic (exact) mass is 303 g/mol. The number of likely N-dealkylation sites (tertiary alicyclic amines) is 1. The lowest BCUT2D eigenvalue weighted by atomic mass is 10.1. The first-order valence-electron chi connectivity index (χ1n) is 7.71. The zero-order valence-corrected chi connectivity index (χ0v) is 12.8. The standard InChI is InChI=1S/C16H21N3O3/c1-2-3-9-18-10-5-6-13(18)12-22-16-8-4-7-15(19(20)21)14(16)11-17/h4,7-8,13H,2-3,5-6,9-10,12H2,1H3/t13-/m1/s1. The number of benzene rings is 1. The lowest BCUT2D eigenvalue weighted by Gasteiger charge is -2.24. The fourth-order valence-electron chi connectivity index (χ4n) is 2.83. The Hall–Kier alpha value is -2.13. The average molecular weight is 303 g/mol. The molecule has 0 aromatic heterocycles. The maximum Gasteiger partial charge on any atom is 0.290 e. The SMILES string of the molecule is CCCCN1CCC[C@@H]1COc1cccc([N+](=O)[O-])c1C#N. The van der Waals surface area contributed by atoms with Crippen LogP contribution < -0.4 is 4.74 Å². The van der Waals surface area contributed by atoms with Gasteiger partial charge in [-0.15, -0.1) is 0 Å². The highest BCUT2D eigenvalue weighted by Gasteiger charge is 2.25. The summed E-state index contributed by atoms with van der Waals surface area (Å²) in [6, 6.07) is 6.72. The van der Waals surface area contributed by atoms with Crippen LogP contribution >= 0.6 is 0 Å². The predicted octanol–water partition coefficient (Wildman–Crippen LogP) is 3.11. The van der Waals surface area contributed by atoms with E-state index in [1.165, 1.54) is 6.07 Å². The van der Waals surface area contributed by atoms with Crippen LogP contribution in [0.4, 0.5) is 5.69 Å². The van der Waals surface area contributed by atoms with Crippen LogP contribution in [0, 0.1) is 21.4 Å². The molecule has 22 heavy (non-hydrogen) atoms. The Morgan fingerprint density at radius 3 is 3.05 bits per heavy atom. The van der Waals surface area contributed by atoms with E-state index in [4.69, 9.17) is 10.00 Å². The van der Waals surface area contributed by atoms with Crippen LogP contribution in [0.15, 0.2) is 18.2 Å². The van der Waals surface area contributed by atoms with Crippen LogP contribution in [0.3, 0.4) is 0 Å². The topological polar surface area (TPSA) is 79.4 Å². The van der Waals surface area contributed by atoms with E-state index in [-0.39, 0.29) is 11.3 Å². The number of ether oxygens (including phenoxy) is 1. The van der Waals surface area contributed by atoms with Crippen molar-refractivity contribution in [1.82, 2.24) is 4.90 Å². The maximum absolute atomic E-state index is 11.0. The predicted molar refractivity (Wildman–Crippen MR) is 82.8 cm³/mol. The summed E-state index contributed by atoms with van der Waals surface area (Å²) in [5.41, 5.74) is -0.195. The highest BCUT2D eigenvalue weighted by atomic mass is 16.6. The van der Waals surface area contributed by atoms with Crippen molar-refractivity contribution in [1.29, 1.82) is 5.26 Å². The van der Waals surface area contributed by atoms with Crippen LogP contribution in [0.25, 0.3) is 0 Å². The molecule has 1 aliphatic heterocycles. The fourth-order valence-corrected chi connectivity index (χ4v) is 2.83. The molecule has 2 rings (SSSR count). The number of nitrogens with zero attached hydrogens (tertiary/aromatic N) is 3. The van der Waals surface area contributed by atoms with Gasteiger partial charge >= 0.3 is 0 Å². The van der Waals surface area contributed by atoms with Crippen LogP contribution in [-0.4, -0.2) is 35.6 Å². The Balaban J connectivity index is 2.04. The first-order chi connectivity index (χ1) is 10.7. The van der Waals surface area contributed by atoms with Gasteiger partial charge in [0.2, 0.25) is 0 Å². The lowest BCUT2D eigenvalue weighted by Crippen LogP contribution is -2.35. The summed E-state index contributed by atoms with van der Waals surface area (Å²) in [5.74, 6) is 0.305. The van der Waals surface area contributed by atoms with E-state index in [1.807, 2.05) is 6.07 Å². The van der Waals surface area contributed by atoms with Crippen LogP contribution in [0.5, 0.6) is 5.75 Å². The number of rotatable bonds is 7. The first-order valence-corrected chi connectivity index (χ1v) is 7.71. The number of hydrogen-bond acceptors (Lipinski definition) is 5. The summed E-state index contributed by atoms with van der Waals surface area (Å²) in [6.45, 7) is 4.78. The Bertz CT molecular complexity index is 568. The summed E-state index contributed by atoms with van der Waals surface area (Å²) < 4.78 is 5.74. The van der Waals surface area contributed by atoms with E-state index in [2.05, 4.69) is 11.8 Å². The van der Waals surface area contributed by atoms with Gasteiger partial charge in [0.25, 0.3) is 5.69 Å². The third kappa shape index (κ3) is 3.74. The molecule has 0 N–H and O–H groups in total. The minimum Gasteiger partial charge on any atom is -0.490 e. The second kappa shape index (κ2) is 7.76. The number of unbranched alkanes of at least 4 members (excludes halogenated alkanes) is 1. The summed E-state index contributed by atoms with van der Waals surface area (Å²) in [7, 11) is 0. The van der Waals surface area contributed by atoms with Crippen LogP contribution in [0.1, 0.15) is 38.2 Å². The van der Waals surface area contributed by atoms with Crippen molar-refractivity contribution in [3.8, 4) is 11.8 Å². The van der Waals surface area contributed by atoms with Gasteiger partial charge in [-0.1, -0.05) is 19.4 Å². The Morgan fingerprint density at radius 1 is 1.55 bits per heavy atom. The van der Waals surface area contributed by atoms with E-state index in [0.717, 1.165) is 38.8 Å². The molecule has 6 heteroatoms. The van der Waals surface area contributed by atoms with E-state index >= 15 is 0 Å². The summed E-state index contributed by atoms with van der Waals surface area (Å²) in [5, 5.41) is 20.1. The van der Waals surface area contributed by atoms with Gasteiger partial charge in [-0.25, -0.2) is 0 Å². The normalized spacial score (nSPS) is 18.1. The summed E-state index contributed by atoms with van der Waals surface area (Å²) in [6.07, 6.45) is 4.54. The van der Waals surface area contributed by atoms with Crippen molar-refractivity contribution < 1.29 is 9.66 Å². The third-order valence-electron chi connectivity index (χ3n) is 4.04. The molecule has 1 heterocycles. The van der Waals surface area contributed by atoms with Crippen molar-refractivity contribution >= 4 is 5.69 Å². The molecule has 1 fully saturated rings. The highest BCUT2D eigenvalue weighted by Crippen LogP contribution is 2.28. The quantitative estimate of drug-likeness (QED) is 0.571. The minimum absolute atomic E-state index is 0.00519. The Labute approximate surface area is 130 Å². The molecule has 0 saturated carbocycles. The molecule has 0 radical (unpaired) electrons. The molecule has 1 atom stereocenters. The highest BCUT2D eigenvalue weighted by molar-refractivity contribution is 5.56. The zero-order valence-electron chi connectivity index (χ0n) is 12.8. The van der Waals surface area contributed by atoms with Gasteiger partial charge in [0.1, 0.15) is 18.4 Å². The second-order valence-electron chi connectivity index (χ2n) is 5.52. The van der Waals surface area contributed by atoms with Crippen molar-refractivity contribution in [2.75, 3.05) is 19.7 Å². The van der Waals surface area contributed by atoms with Gasteiger partial charge in [-0.2, -0.15) is 5.26 Å². The van der Waals surface area contributed by atoms with Crippen molar-refractivity contribution in [3.05, 3.63) is 33.9 Å². The van der Waals surface area contributed by atoms with Gasteiger partial charge in [0.05, 0.1) is 4.92 Å². The van der Waals surface area contributed by atoms with Gasteiger partial charge in [-0.3, -0.25) is 15.0 Å². The molecule has 1 aromatic carbocycles. The number of nitro groups is 1. The Kier molecular flexibility index (Phi) is 5.73. The van der Waals surface area contributed by atoms with E-state index < -0.39 is 4.92 Å². The van der Waals surface area contributed by atoms with Crippen molar-refractivity contribution in [2.45, 2.75) is 38.6 Å². The molecule has 0 bridgehead atoms. The molecule has 0 amide bonds. The number of nitro benzene ring substituents is 1.